The fourth-order valence-corrected chi connectivity index (χ4v) is 2.52. The molecule has 0 aliphatic heterocycles. The second kappa shape index (κ2) is 9.12. The molecule has 0 atom stereocenters. The first kappa shape index (κ1) is 18.9. The van der Waals surface area contributed by atoms with Gasteiger partial charge in [0.1, 0.15) is 5.03 Å². The predicted octanol–water partition coefficient (Wildman–Crippen LogP) is 3.75. The van der Waals surface area contributed by atoms with Gasteiger partial charge in [-0.1, -0.05) is 19.1 Å². The highest BCUT2D eigenvalue weighted by Crippen LogP contribution is 2.26. The first-order chi connectivity index (χ1) is 12.0. The number of nitrogens with one attached hydrogen (secondary N) is 1. The lowest BCUT2D eigenvalue weighted by Gasteiger charge is -2.09. The van der Waals surface area contributed by atoms with Crippen LogP contribution in [0.2, 0.25) is 0 Å². The third kappa shape index (κ3) is 5.82. The lowest BCUT2D eigenvalue weighted by molar-refractivity contribution is -0.119. The molecule has 5 nitrogen and oxygen atoms in total. The Balaban J connectivity index is 1.92. The number of rotatable bonds is 7. The highest BCUT2D eigenvalue weighted by atomic mass is 32.2. The number of pyridine rings is 1. The Labute approximate surface area is 147 Å². The smallest absolute Gasteiger partial charge is 0.341 e. The molecule has 0 fully saturated rings. The van der Waals surface area contributed by atoms with Gasteiger partial charge < -0.3 is 10.1 Å². The second-order valence-corrected chi connectivity index (χ2v) is 5.89. The standard InChI is InChI=1S/C17H16F2N2O3S/c1-2-11-5-7-12(8-6-11)21-14(22)10-24-16(23)13-4-3-9-20-15(13)25-17(18)19/h3-9,17H,2,10H2,1H3,(H,21,22). The van der Waals surface area contributed by atoms with Crippen molar-refractivity contribution in [1.82, 2.24) is 4.98 Å². The van der Waals surface area contributed by atoms with Crippen molar-refractivity contribution in [1.29, 1.82) is 0 Å². The molecule has 0 saturated heterocycles. The molecular weight excluding hydrogens is 350 g/mol. The average Bonchev–Trinajstić information content (AvgIpc) is 2.60. The second-order valence-electron chi connectivity index (χ2n) is 4.91. The van der Waals surface area contributed by atoms with Gasteiger partial charge in [-0.15, -0.1) is 0 Å². The van der Waals surface area contributed by atoms with Gasteiger partial charge >= 0.3 is 5.97 Å². The van der Waals surface area contributed by atoms with E-state index in [2.05, 4.69) is 10.3 Å². The quantitative estimate of drug-likeness (QED) is 0.597. The predicted molar refractivity (Wildman–Crippen MR) is 90.8 cm³/mol. The highest BCUT2D eigenvalue weighted by Gasteiger charge is 2.18. The Hall–Kier alpha value is -2.48. The summed E-state index contributed by atoms with van der Waals surface area (Å²) in [5, 5.41) is 2.45. The fraction of sp³-hybridized carbons (Fsp3) is 0.235. The van der Waals surface area contributed by atoms with Gasteiger partial charge in [0.25, 0.3) is 11.7 Å². The number of thioether (sulfide) groups is 1. The van der Waals surface area contributed by atoms with Crippen molar-refractivity contribution >= 4 is 29.3 Å². The molecule has 0 aliphatic carbocycles. The molecule has 8 heteroatoms. The number of alkyl halides is 2. The number of benzene rings is 1. The molecule has 0 bridgehead atoms. The zero-order valence-electron chi connectivity index (χ0n) is 13.4. The summed E-state index contributed by atoms with van der Waals surface area (Å²) in [7, 11) is 0. The Morgan fingerprint density at radius 2 is 1.96 bits per heavy atom. The number of ether oxygens (including phenoxy) is 1. The van der Waals surface area contributed by atoms with Gasteiger partial charge in [0, 0.05) is 11.9 Å². The fourth-order valence-electron chi connectivity index (χ4n) is 1.95. The van der Waals surface area contributed by atoms with Gasteiger partial charge in [0.05, 0.1) is 5.56 Å². The zero-order valence-corrected chi connectivity index (χ0v) is 14.2. The van der Waals surface area contributed by atoms with Crippen LogP contribution < -0.4 is 5.32 Å². The molecule has 1 heterocycles. The van der Waals surface area contributed by atoms with Gasteiger partial charge in [-0.25, -0.2) is 9.78 Å². The number of esters is 1. The number of carbonyl (C=O) groups is 2. The molecule has 25 heavy (non-hydrogen) atoms. The number of aromatic nitrogens is 1. The lowest BCUT2D eigenvalue weighted by Crippen LogP contribution is -2.21. The summed E-state index contributed by atoms with van der Waals surface area (Å²) in [5.74, 6) is -4.12. The number of halogens is 2. The SMILES string of the molecule is CCc1ccc(NC(=O)COC(=O)c2cccnc2SC(F)F)cc1. The van der Waals surface area contributed by atoms with Crippen LogP contribution in [0.5, 0.6) is 0 Å². The number of hydrogen-bond acceptors (Lipinski definition) is 5. The molecule has 2 rings (SSSR count). The molecule has 1 amide bonds. The van der Waals surface area contributed by atoms with Crippen molar-refractivity contribution in [2.24, 2.45) is 0 Å². The third-order valence-corrected chi connectivity index (χ3v) is 3.90. The molecule has 0 saturated carbocycles. The van der Waals surface area contributed by atoms with Crippen LogP contribution in [0, 0.1) is 0 Å². The molecule has 1 aromatic heterocycles. The van der Waals surface area contributed by atoms with E-state index in [-0.39, 0.29) is 22.4 Å². The van der Waals surface area contributed by atoms with Gasteiger partial charge in [0.2, 0.25) is 0 Å². The number of nitrogens with zero attached hydrogens (tertiary/aromatic N) is 1. The van der Waals surface area contributed by atoms with Crippen molar-refractivity contribution in [3.05, 3.63) is 53.7 Å². The van der Waals surface area contributed by atoms with Crippen LogP contribution in [0.4, 0.5) is 14.5 Å². The van der Waals surface area contributed by atoms with E-state index in [0.717, 1.165) is 12.0 Å². The van der Waals surface area contributed by atoms with Crippen LogP contribution in [0.1, 0.15) is 22.8 Å². The minimum atomic E-state index is -2.71. The van der Waals surface area contributed by atoms with Crippen LogP contribution in [0.25, 0.3) is 0 Å². The first-order valence-corrected chi connectivity index (χ1v) is 8.33. The molecule has 1 aromatic carbocycles. The van der Waals surface area contributed by atoms with E-state index < -0.39 is 24.2 Å². The van der Waals surface area contributed by atoms with E-state index in [9.17, 15) is 18.4 Å². The molecule has 0 radical (unpaired) electrons. The number of amides is 1. The average molecular weight is 366 g/mol. The molecular formula is C17H16F2N2O3S. The Morgan fingerprint density at radius 3 is 2.60 bits per heavy atom. The van der Waals surface area contributed by atoms with Crippen LogP contribution in [0.3, 0.4) is 0 Å². The first-order valence-electron chi connectivity index (χ1n) is 7.45. The lowest BCUT2D eigenvalue weighted by atomic mass is 10.1. The Morgan fingerprint density at radius 1 is 1.24 bits per heavy atom. The van der Waals surface area contributed by atoms with E-state index in [1.165, 1.54) is 18.3 Å². The maximum atomic E-state index is 12.5. The highest BCUT2D eigenvalue weighted by molar-refractivity contribution is 7.99. The summed E-state index contributed by atoms with van der Waals surface area (Å²) in [6.45, 7) is 1.49. The molecule has 1 N–H and O–H groups in total. The van der Waals surface area contributed by atoms with Gasteiger partial charge in [-0.05, 0) is 48.0 Å². The molecule has 0 aliphatic rings. The van der Waals surface area contributed by atoms with E-state index in [0.29, 0.717) is 5.69 Å². The van der Waals surface area contributed by atoms with Crippen molar-refractivity contribution in [3.63, 3.8) is 0 Å². The van der Waals surface area contributed by atoms with E-state index in [1.807, 2.05) is 19.1 Å². The summed E-state index contributed by atoms with van der Waals surface area (Å²) < 4.78 is 29.8. The topological polar surface area (TPSA) is 68.3 Å². The number of aryl methyl sites for hydroxylation is 1. The molecule has 0 spiro atoms. The van der Waals surface area contributed by atoms with E-state index in [1.54, 1.807) is 12.1 Å². The van der Waals surface area contributed by atoms with Crippen LogP contribution >= 0.6 is 11.8 Å². The van der Waals surface area contributed by atoms with Crippen molar-refractivity contribution in [3.8, 4) is 0 Å². The third-order valence-electron chi connectivity index (χ3n) is 3.17. The van der Waals surface area contributed by atoms with Crippen molar-refractivity contribution in [2.75, 3.05) is 11.9 Å². The van der Waals surface area contributed by atoms with Crippen LogP contribution in [-0.4, -0.2) is 29.2 Å². The molecule has 132 valence electrons. The van der Waals surface area contributed by atoms with Gasteiger partial charge in [-0.2, -0.15) is 8.78 Å². The summed E-state index contributed by atoms with van der Waals surface area (Å²) in [6, 6.07) is 10.0. The number of anilines is 1. The monoisotopic (exact) mass is 366 g/mol. The number of hydrogen-bond donors (Lipinski definition) is 1. The Bertz CT molecular complexity index is 739. The van der Waals surface area contributed by atoms with E-state index in [4.69, 9.17) is 4.74 Å². The normalized spacial score (nSPS) is 10.6. The van der Waals surface area contributed by atoms with E-state index >= 15 is 0 Å². The van der Waals surface area contributed by atoms with Crippen molar-refractivity contribution < 1.29 is 23.1 Å². The maximum Gasteiger partial charge on any atom is 0.341 e. The Kier molecular flexibility index (Phi) is 6.88. The summed E-state index contributed by atoms with van der Waals surface area (Å²) in [4.78, 5) is 27.6. The largest absolute Gasteiger partial charge is 0.452 e. The minimum absolute atomic E-state index is 0.104. The van der Waals surface area contributed by atoms with Crippen LogP contribution in [0.15, 0.2) is 47.6 Å². The number of carbonyl (C=O) groups excluding carboxylic acids is 2. The van der Waals surface area contributed by atoms with Gasteiger partial charge in [0.15, 0.2) is 6.61 Å². The summed E-state index contributed by atoms with van der Waals surface area (Å²) in [5.41, 5.74) is 1.60. The molecule has 0 unspecified atom stereocenters. The van der Waals surface area contributed by atoms with Crippen molar-refractivity contribution in [2.45, 2.75) is 24.1 Å². The summed E-state index contributed by atoms with van der Waals surface area (Å²) in [6.07, 6.45) is 2.18. The van der Waals surface area contributed by atoms with Crippen LogP contribution in [-0.2, 0) is 16.0 Å². The maximum absolute atomic E-state index is 12.5. The minimum Gasteiger partial charge on any atom is -0.452 e. The van der Waals surface area contributed by atoms with Gasteiger partial charge in [-0.3, -0.25) is 4.79 Å². The molecule has 2 aromatic rings. The summed E-state index contributed by atoms with van der Waals surface area (Å²) >= 11 is 0.148. The zero-order chi connectivity index (χ0) is 18.2.